The van der Waals surface area contributed by atoms with Crippen molar-refractivity contribution in [3.8, 4) is 5.75 Å². The Labute approximate surface area is 86.6 Å². The topological polar surface area (TPSA) is 39.4 Å². The molecule has 0 fully saturated rings. The van der Waals surface area contributed by atoms with E-state index in [9.17, 15) is 4.79 Å². The molecule has 0 unspecified atom stereocenters. The molecule has 3 heteroatoms. The normalized spacial score (nSPS) is 10.1. The van der Waals surface area contributed by atoms with Gasteiger partial charge in [0.2, 0.25) is 0 Å². The molecule has 1 aromatic carbocycles. The molecule has 0 aliphatic rings. The second-order valence-electron chi connectivity index (χ2n) is 3.03. The van der Waals surface area contributed by atoms with Gasteiger partial charge in [-0.2, -0.15) is 0 Å². The van der Waals surface area contributed by atoms with E-state index < -0.39 is 0 Å². The first-order valence-corrected chi connectivity index (χ1v) is 4.58. The molecule has 76 valence electrons. The van der Waals surface area contributed by atoms with E-state index in [1.807, 2.05) is 12.1 Å². The van der Waals surface area contributed by atoms with Crippen molar-refractivity contribution in [1.82, 2.24) is 0 Å². The Morgan fingerprint density at radius 1 is 1.33 bits per heavy atom. The third-order valence-electron chi connectivity index (χ3n) is 1.97. The Bertz CT molecular complexity index is 540. The molecule has 0 aliphatic heterocycles. The molecule has 0 saturated heterocycles. The van der Waals surface area contributed by atoms with E-state index in [0.717, 1.165) is 5.39 Å². The summed E-state index contributed by atoms with van der Waals surface area (Å²) < 4.78 is 10.4. The molecular weight excluding hydrogens is 192 g/mol. The summed E-state index contributed by atoms with van der Waals surface area (Å²) >= 11 is 0. The monoisotopic (exact) mass is 202 g/mol. The lowest BCUT2D eigenvalue weighted by Crippen LogP contribution is -1.98. The maximum absolute atomic E-state index is 11.1. The summed E-state index contributed by atoms with van der Waals surface area (Å²) in [5.41, 5.74) is 0.101. The molecule has 0 N–H and O–H groups in total. The average molecular weight is 202 g/mol. The molecule has 0 aliphatic carbocycles. The first kappa shape index (κ1) is 9.52. The van der Waals surface area contributed by atoms with Crippen molar-refractivity contribution in [2.24, 2.45) is 0 Å². The van der Waals surface area contributed by atoms with Gasteiger partial charge in [0.05, 0.1) is 0 Å². The predicted molar refractivity (Wildman–Crippen MR) is 58.2 cm³/mol. The van der Waals surface area contributed by atoms with Crippen molar-refractivity contribution in [2.75, 3.05) is 6.61 Å². The van der Waals surface area contributed by atoms with Crippen LogP contribution in [0.5, 0.6) is 5.75 Å². The highest BCUT2D eigenvalue weighted by molar-refractivity contribution is 5.82. The largest absolute Gasteiger partial charge is 0.486 e. The lowest BCUT2D eigenvalue weighted by Gasteiger charge is -2.04. The number of ether oxygens (including phenoxy) is 1. The minimum absolute atomic E-state index is 0.378. The minimum Gasteiger partial charge on any atom is -0.486 e. The van der Waals surface area contributed by atoms with E-state index >= 15 is 0 Å². The number of hydrogen-bond donors (Lipinski definition) is 0. The highest BCUT2D eigenvalue weighted by Crippen LogP contribution is 2.23. The zero-order valence-corrected chi connectivity index (χ0v) is 8.10. The Morgan fingerprint density at radius 3 is 3.00 bits per heavy atom. The Morgan fingerprint density at radius 2 is 2.20 bits per heavy atom. The summed E-state index contributed by atoms with van der Waals surface area (Å²) in [7, 11) is 0. The molecule has 1 heterocycles. The maximum Gasteiger partial charge on any atom is 0.336 e. The first-order valence-electron chi connectivity index (χ1n) is 4.58. The molecule has 0 amide bonds. The average Bonchev–Trinajstić information content (AvgIpc) is 2.26. The molecule has 3 nitrogen and oxygen atoms in total. The van der Waals surface area contributed by atoms with Crippen molar-refractivity contribution in [1.29, 1.82) is 0 Å². The van der Waals surface area contributed by atoms with Gasteiger partial charge < -0.3 is 9.15 Å². The lowest BCUT2D eigenvalue weighted by atomic mass is 10.2. The van der Waals surface area contributed by atoms with Crippen molar-refractivity contribution >= 4 is 11.0 Å². The van der Waals surface area contributed by atoms with Gasteiger partial charge in [-0.1, -0.05) is 24.8 Å². The second kappa shape index (κ2) is 4.00. The summed E-state index contributed by atoms with van der Waals surface area (Å²) in [5.74, 6) is 0.560. The molecule has 1 aromatic heterocycles. The summed E-state index contributed by atoms with van der Waals surface area (Å²) in [5, 5.41) is 0.844. The maximum atomic E-state index is 11.1. The highest BCUT2D eigenvalue weighted by Gasteiger charge is 2.03. The lowest BCUT2D eigenvalue weighted by molar-refractivity contribution is 0.359. The van der Waals surface area contributed by atoms with Gasteiger partial charge in [-0.25, -0.2) is 4.79 Å². The smallest absolute Gasteiger partial charge is 0.336 e. The van der Waals surface area contributed by atoms with Gasteiger partial charge >= 0.3 is 5.63 Å². The molecule has 15 heavy (non-hydrogen) atoms. The molecule has 2 rings (SSSR count). The molecule has 2 aromatic rings. The standard InChI is InChI=1S/C12H10O3/c1-2-8-14-10-5-3-4-9-6-7-11(13)15-12(9)10/h2-7H,1,8H2. The zero-order valence-electron chi connectivity index (χ0n) is 8.10. The van der Waals surface area contributed by atoms with Crippen LogP contribution in [-0.2, 0) is 0 Å². The van der Waals surface area contributed by atoms with E-state index in [1.54, 1.807) is 18.2 Å². The quantitative estimate of drug-likeness (QED) is 0.566. The fourth-order valence-corrected chi connectivity index (χ4v) is 1.33. The first-order chi connectivity index (χ1) is 7.31. The van der Waals surface area contributed by atoms with Gasteiger partial charge in [0.15, 0.2) is 11.3 Å². The summed E-state index contributed by atoms with van der Waals surface area (Å²) in [6.07, 6.45) is 1.64. The predicted octanol–water partition coefficient (Wildman–Crippen LogP) is 2.36. The second-order valence-corrected chi connectivity index (χ2v) is 3.03. The summed E-state index contributed by atoms with van der Waals surface area (Å²) in [6.45, 7) is 3.94. The van der Waals surface area contributed by atoms with E-state index in [4.69, 9.17) is 9.15 Å². The van der Waals surface area contributed by atoms with Crippen molar-refractivity contribution < 1.29 is 9.15 Å². The number of benzene rings is 1. The summed E-state index contributed by atoms with van der Waals surface area (Å²) in [6, 6.07) is 8.57. The van der Waals surface area contributed by atoms with E-state index in [2.05, 4.69) is 6.58 Å². The number of rotatable bonds is 3. The molecule has 0 spiro atoms. The van der Waals surface area contributed by atoms with Crippen LogP contribution in [0.15, 0.2) is 52.2 Å². The van der Waals surface area contributed by atoms with Crippen LogP contribution in [0.4, 0.5) is 0 Å². The van der Waals surface area contributed by atoms with Crippen molar-refractivity contribution in [3.05, 3.63) is 53.4 Å². The Kier molecular flexibility index (Phi) is 2.54. The van der Waals surface area contributed by atoms with Crippen LogP contribution < -0.4 is 10.4 Å². The van der Waals surface area contributed by atoms with Gasteiger partial charge in [0.25, 0.3) is 0 Å². The zero-order chi connectivity index (χ0) is 10.7. The highest BCUT2D eigenvalue weighted by atomic mass is 16.5. The van der Waals surface area contributed by atoms with Gasteiger partial charge in [-0.15, -0.1) is 0 Å². The molecule has 0 atom stereocenters. The number of fused-ring (bicyclic) bond motifs is 1. The SMILES string of the molecule is C=CCOc1cccc2ccc(=O)oc12. The van der Waals surface area contributed by atoms with Crippen LogP contribution in [0.25, 0.3) is 11.0 Å². The molecular formula is C12H10O3. The van der Waals surface area contributed by atoms with E-state index in [1.165, 1.54) is 6.07 Å². The van der Waals surface area contributed by atoms with Crippen molar-refractivity contribution in [3.63, 3.8) is 0 Å². The van der Waals surface area contributed by atoms with Crippen LogP contribution in [0.3, 0.4) is 0 Å². The van der Waals surface area contributed by atoms with Gasteiger partial charge in [0.1, 0.15) is 6.61 Å². The summed E-state index contributed by atoms with van der Waals surface area (Å²) in [4.78, 5) is 11.1. The Hall–Kier alpha value is -2.03. The number of hydrogen-bond acceptors (Lipinski definition) is 3. The van der Waals surface area contributed by atoms with E-state index in [0.29, 0.717) is 17.9 Å². The van der Waals surface area contributed by atoms with Crippen LogP contribution >= 0.6 is 0 Å². The van der Waals surface area contributed by atoms with E-state index in [-0.39, 0.29) is 5.63 Å². The minimum atomic E-state index is -0.378. The fourth-order valence-electron chi connectivity index (χ4n) is 1.33. The van der Waals surface area contributed by atoms with Crippen LogP contribution in [-0.4, -0.2) is 6.61 Å². The third-order valence-corrected chi connectivity index (χ3v) is 1.97. The molecule has 0 radical (unpaired) electrons. The third kappa shape index (κ3) is 1.91. The molecule has 0 saturated carbocycles. The van der Waals surface area contributed by atoms with Gasteiger partial charge in [-0.05, 0) is 12.1 Å². The van der Waals surface area contributed by atoms with Gasteiger partial charge in [0, 0.05) is 11.5 Å². The fraction of sp³-hybridized carbons (Fsp3) is 0.0833. The van der Waals surface area contributed by atoms with Crippen molar-refractivity contribution in [2.45, 2.75) is 0 Å². The van der Waals surface area contributed by atoms with Crippen LogP contribution in [0.2, 0.25) is 0 Å². The van der Waals surface area contributed by atoms with Crippen LogP contribution in [0.1, 0.15) is 0 Å². The number of para-hydroxylation sites is 1. The van der Waals surface area contributed by atoms with Crippen LogP contribution in [0, 0.1) is 0 Å². The van der Waals surface area contributed by atoms with Gasteiger partial charge in [-0.3, -0.25) is 0 Å². The molecule has 0 bridgehead atoms. The Balaban J connectivity index is 2.57.